The van der Waals surface area contributed by atoms with Gasteiger partial charge in [-0.15, -0.1) is 13.2 Å². The van der Waals surface area contributed by atoms with Gasteiger partial charge < -0.3 is 9.64 Å². The molecule has 1 heterocycles. The normalized spacial score (nSPS) is 11.3. The Morgan fingerprint density at radius 3 is 2.43 bits per heavy atom. The summed E-state index contributed by atoms with van der Waals surface area (Å²) < 4.78 is 43.2. The van der Waals surface area contributed by atoms with E-state index in [0.717, 1.165) is 16.7 Å². The first-order valence-electron chi connectivity index (χ1n) is 9.29. The standard InChI is InChI=1S/C23H21F3N2O2/c1-15-7-6-8-18(17(15)3)14-28(22(29)19-11-12-27-13-16(19)2)20-9-4-5-10-21(20)30-23(24,25)26/h4-13H,14H2,1-3H3. The van der Waals surface area contributed by atoms with Crippen LogP contribution in [-0.2, 0) is 6.54 Å². The molecule has 1 amide bonds. The number of hydrogen-bond donors (Lipinski definition) is 0. The van der Waals surface area contributed by atoms with Gasteiger partial charge in [-0.05, 0) is 61.2 Å². The van der Waals surface area contributed by atoms with E-state index in [1.165, 1.54) is 29.3 Å². The summed E-state index contributed by atoms with van der Waals surface area (Å²) in [4.78, 5) is 18.7. The first-order valence-corrected chi connectivity index (χ1v) is 9.29. The third kappa shape index (κ3) is 4.79. The number of ether oxygens (including phenoxy) is 1. The van der Waals surface area contributed by atoms with Gasteiger partial charge in [0.05, 0.1) is 12.2 Å². The number of amides is 1. The summed E-state index contributed by atoms with van der Waals surface area (Å²) in [5.74, 6) is -0.871. The summed E-state index contributed by atoms with van der Waals surface area (Å²) in [5, 5.41) is 0. The fraction of sp³-hybridized carbons (Fsp3) is 0.217. The van der Waals surface area contributed by atoms with Crippen molar-refractivity contribution >= 4 is 11.6 Å². The highest BCUT2D eigenvalue weighted by Crippen LogP contribution is 2.35. The molecule has 0 aliphatic heterocycles. The van der Waals surface area contributed by atoms with Gasteiger partial charge in [-0.25, -0.2) is 0 Å². The van der Waals surface area contributed by atoms with Crippen LogP contribution in [0.2, 0.25) is 0 Å². The minimum absolute atomic E-state index is 0.0388. The second-order valence-corrected chi connectivity index (χ2v) is 6.96. The Morgan fingerprint density at radius 2 is 1.73 bits per heavy atom. The SMILES string of the molecule is Cc1cnccc1C(=O)N(Cc1cccc(C)c1C)c1ccccc1OC(F)(F)F. The second kappa shape index (κ2) is 8.57. The van der Waals surface area contributed by atoms with Crippen LogP contribution in [0.1, 0.15) is 32.6 Å². The largest absolute Gasteiger partial charge is 0.573 e. The Hall–Kier alpha value is -3.35. The van der Waals surface area contributed by atoms with Crippen LogP contribution in [0.5, 0.6) is 5.75 Å². The number of alkyl halides is 3. The van der Waals surface area contributed by atoms with E-state index in [9.17, 15) is 18.0 Å². The van der Waals surface area contributed by atoms with Crippen LogP contribution in [0.3, 0.4) is 0 Å². The van der Waals surface area contributed by atoms with Crippen molar-refractivity contribution in [3.8, 4) is 5.75 Å². The molecule has 0 unspecified atom stereocenters. The van der Waals surface area contributed by atoms with Crippen LogP contribution in [0, 0.1) is 20.8 Å². The zero-order chi connectivity index (χ0) is 21.9. The fourth-order valence-electron chi connectivity index (χ4n) is 3.17. The summed E-state index contributed by atoms with van der Waals surface area (Å²) in [6.45, 7) is 5.68. The van der Waals surface area contributed by atoms with E-state index in [4.69, 9.17) is 0 Å². The molecule has 0 saturated heterocycles. The smallest absolute Gasteiger partial charge is 0.404 e. The van der Waals surface area contributed by atoms with Gasteiger partial charge in [0.2, 0.25) is 0 Å². The number of pyridine rings is 1. The van der Waals surface area contributed by atoms with Crippen LogP contribution in [0.15, 0.2) is 60.9 Å². The predicted molar refractivity (Wildman–Crippen MR) is 109 cm³/mol. The molecule has 156 valence electrons. The van der Waals surface area contributed by atoms with E-state index in [1.54, 1.807) is 25.3 Å². The van der Waals surface area contributed by atoms with Crippen molar-refractivity contribution in [2.24, 2.45) is 0 Å². The number of carbonyl (C=O) groups is 1. The summed E-state index contributed by atoms with van der Waals surface area (Å²) >= 11 is 0. The molecule has 0 saturated carbocycles. The van der Waals surface area contributed by atoms with Crippen molar-refractivity contribution < 1.29 is 22.7 Å². The molecule has 3 aromatic rings. The lowest BCUT2D eigenvalue weighted by molar-refractivity contribution is -0.274. The molecule has 30 heavy (non-hydrogen) atoms. The van der Waals surface area contributed by atoms with E-state index < -0.39 is 18.0 Å². The lowest BCUT2D eigenvalue weighted by Crippen LogP contribution is -2.32. The lowest BCUT2D eigenvalue weighted by atomic mass is 10.0. The van der Waals surface area contributed by atoms with Gasteiger partial charge in [-0.2, -0.15) is 0 Å². The van der Waals surface area contributed by atoms with E-state index in [0.29, 0.717) is 11.1 Å². The first-order chi connectivity index (χ1) is 14.2. The molecule has 3 rings (SSSR count). The maximum absolute atomic E-state index is 13.4. The summed E-state index contributed by atoms with van der Waals surface area (Å²) in [6.07, 6.45) is -1.85. The monoisotopic (exact) mass is 414 g/mol. The quantitative estimate of drug-likeness (QED) is 0.534. The van der Waals surface area contributed by atoms with E-state index >= 15 is 0 Å². The molecule has 0 aliphatic rings. The number of halogens is 3. The van der Waals surface area contributed by atoms with Crippen molar-refractivity contribution in [3.63, 3.8) is 0 Å². The maximum Gasteiger partial charge on any atom is 0.573 e. The molecule has 0 N–H and O–H groups in total. The summed E-state index contributed by atoms with van der Waals surface area (Å²) in [6, 6.07) is 12.9. The highest BCUT2D eigenvalue weighted by molar-refractivity contribution is 6.07. The second-order valence-electron chi connectivity index (χ2n) is 6.96. The Morgan fingerprint density at radius 1 is 1.00 bits per heavy atom. The molecule has 1 aromatic heterocycles. The topological polar surface area (TPSA) is 42.4 Å². The zero-order valence-electron chi connectivity index (χ0n) is 16.8. The van der Waals surface area contributed by atoms with Crippen molar-refractivity contribution in [2.45, 2.75) is 33.7 Å². The van der Waals surface area contributed by atoms with Crippen LogP contribution >= 0.6 is 0 Å². The minimum Gasteiger partial charge on any atom is -0.404 e. The van der Waals surface area contributed by atoms with Gasteiger partial charge in [0, 0.05) is 18.0 Å². The number of nitrogens with zero attached hydrogens (tertiary/aromatic N) is 2. The summed E-state index contributed by atoms with van der Waals surface area (Å²) in [7, 11) is 0. The van der Waals surface area contributed by atoms with Crippen molar-refractivity contribution in [1.82, 2.24) is 4.98 Å². The molecule has 0 spiro atoms. The molecule has 7 heteroatoms. The van der Waals surface area contributed by atoms with Gasteiger partial charge >= 0.3 is 6.36 Å². The fourth-order valence-corrected chi connectivity index (χ4v) is 3.17. The molecule has 0 aliphatic carbocycles. The number of hydrogen-bond acceptors (Lipinski definition) is 3. The average molecular weight is 414 g/mol. The average Bonchev–Trinajstić information content (AvgIpc) is 2.68. The molecule has 0 bridgehead atoms. The zero-order valence-corrected chi connectivity index (χ0v) is 16.8. The Kier molecular flexibility index (Phi) is 6.10. The molecule has 4 nitrogen and oxygen atoms in total. The number of para-hydroxylation sites is 2. The van der Waals surface area contributed by atoms with Crippen LogP contribution in [0.4, 0.5) is 18.9 Å². The van der Waals surface area contributed by atoms with Crippen molar-refractivity contribution in [1.29, 1.82) is 0 Å². The van der Waals surface area contributed by atoms with E-state index in [2.05, 4.69) is 9.72 Å². The van der Waals surface area contributed by atoms with E-state index in [-0.39, 0.29) is 12.2 Å². The number of carbonyl (C=O) groups excluding carboxylic acids is 1. The molecule has 2 aromatic carbocycles. The number of aromatic nitrogens is 1. The minimum atomic E-state index is -4.88. The predicted octanol–water partition coefficient (Wildman–Crippen LogP) is 5.75. The van der Waals surface area contributed by atoms with Gasteiger partial charge in [-0.1, -0.05) is 30.3 Å². The maximum atomic E-state index is 13.4. The highest BCUT2D eigenvalue weighted by Gasteiger charge is 2.33. The molecule has 0 radical (unpaired) electrons. The first kappa shape index (κ1) is 21.4. The van der Waals surface area contributed by atoms with Crippen LogP contribution < -0.4 is 9.64 Å². The third-order valence-electron chi connectivity index (χ3n) is 4.92. The molecule has 0 fully saturated rings. The Bertz CT molecular complexity index is 1060. The van der Waals surface area contributed by atoms with Crippen LogP contribution in [0.25, 0.3) is 0 Å². The number of anilines is 1. The van der Waals surface area contributed by atoms with Gasteiger partial charge in [0.1, 0.15) is 0 Å². The lowest BCUT2D eigenvalue weighted by Gasteiger charge is -2.27. The van der Waals surface area contributed by atoms with E-state index in [1.807, 2.05) is 32.0 Å². The van der Waals surface area contributed by atoms with Gasteiger partial charge in [0.15, 0.2) is 5.75 Å². The van der Waals surface area contributed by atoms with Crippen molar-refractivity contribution in [3.05, 3.63) is 88.7 Å². The molecule has 0 atom stereocenters. The highest BCUT2D eigenvalue weighted by atomic mass is 19.4. The number of aryl methyl sites for hydroxylation is 2. The molecular weight excluding hydrogens is 393 g/mol. The van der Waals surface area contributed by atoms with Crippen LogP contribution in [-0.4, -0.2) is 17.3 Å². The van der Waals surface area contributed by atoms with Crippen molar-refractivity contribution in [2.75, 3.05) is 4.90 Å². The molecular formula is C23H21F3N2O2. The Balaban J connectivity index is 2.12. The number of benzene rings is 2. The van der Waals surface area contributed by atoms with Gasteiger partial charge in [0.25, 0.3) is 5.91 Å². The number of rotatable bonds is 5. The summed E-state index contributed by atoms with van der Waals surface area (Å²) in [5.41, 5.74) is 3.85. The Labute approximate surface area is 172 Å². The third-order valence-corrected chi connectivity index (χ3v) is 4.92. The van der Waals surface area contributed by atoms with Gasteiger partial charge in [-0.3, -0.25) is 9.78 Å².